The lowest BCUT2D eigenvalue weighted by atomic mass is 10.1. The molecule has 0 spiro atoms. The van der Waals surface area contributed by atoms with Crippen molar-refractivity contribution in [3.63, 3.8) is 0 Å². The number of carbonyl (C=O) groups excluding carboxylic acids is 3. The molecule has 1 aliphatic rings. The van der Waals surface area contributed by atoms with Crippen molar-refractivity contribution in [2.75, 3.05) is 23.4 Å². The number of amides is 3. The Hall–Kier alpha value is -4.50. The van der Waals surface area contributed by atoms with Crippen molar-refractivity contribution in [3.8, 4) is 11.5 Å². The van der Waals surface area contributed by atoms with Crippen LogP contribution in [0.5, 0.6) is 11.5 Å². The predicted octanol–water partition coefficient (Wildman–Crippen LogP) is 4.55. The van der Waals surface area contributed by atoms with Gasteiger partial charge in [0.1, 0.15) is 17.1 Å². The Labute approximate surface area is 226 Å². The van der Waals surface area contributed by atoms with Gasteiger partial charge >= 0.3 is 0 Å². The molecule has 3 aromatic carbocycles. The fourth-order valence-electron chi connectivity index (χ4n) is 3.78. The van der Waals surface area contributed by atoms with E-state index in [-0.39, 0.29) is 23.2 Å². The van der Waals surface area contributed by atoms with Gasteiger partial charge in [0.2, 0.25) is 0 Å². The van der Waals surface area contributed by atoms with E-state index in [1.54, 1.807) is 48.5 Å². The van der Waals surface area contributed by atoms with Gasteiger partial charge in [-0.2, -0.15) is 0 Å². The monoisotopic (exact) mass is 529 g/mol. The molecule has 2 N–H and O–H groups in total. The minimum Gasteiger partial charge on any atom is -0.494 e. The number of benzene rings is 3. The molecular formula is C29H27N3O5S. The van der Waals surface area contributed by atoms with Crippen LogP contribution in [0.1, 0.15) is 23.6 Å². The van der Waals surface area contributed by atoms with Gasteiger partial charge in [0, 0.05) is 5.69 Å². The molecule has 0 bridgehead atoms. The van der Waals surface area contributed by atoms with Gasteiger partial charge in [0.25, 0.3) is 17.7 Å². The van der Waals surface area contributed by atoms with Gasteiger partial charge in [-0.3, -0.25) is 24.6 Å². The van der Waals surface area contributed by atoms with E-state index in [9.17, 15) is 14.4 Å². The zero-order valence-corrected chi connectivity index (χ0v) is 22.1. The Bertz CT molecular complexity index is 1430. The smallest absolute Gasteiger partial charge is 0.270 e. The van der Waals surface area contributed by atoms with Crippen LogP contribution in [0.25, 0.3) is 6.08 Å². The van der Waals surface area contributed by atoms with Crippen LogP contribution >= 0.6 is 12.2 Å². The summed E-state index contributed by atoms with van der Waals surface area (Å²) in [5.74, 6) is -0.385. The van der Waals surface area contributed by atoms with Crippen LogP contribution in [0, 0.1) is 13.8 Å². The number of rotatable bonds is 8. The molecule has 9 heteroatoms. The van der Waals surface area contributed by atoms with Gasteiger partial charge < -0.3 is 14.8 Å². The first-order valence-electron chi connectivity index (χ1n) is 12.0. The Morgan fingerprint density at radius 3 is 2.45 bits per heavy atom. The highest BCUT2D eigenvalue weighted by atomic mass is 32.1. The van der Waals surface area contributed by atoms with Crippen molar-refractivity contribution >= 4 is 52.5 Å². The highest BCUT2D eigenvalue weighted by Crippen LogP contribution is 2.25. The molecule has 4 rings (SSSR count). The summed E-state index contributed by atoms with van der Waals surface area (Å²) >= 11 is 5.26. The molecule has 0 saturated carbocycles. The second-order valence-electron chi connectivity index (χ2n) is 8.59. The molecule has 0 radical (unpaired) electrons. The van der Waals surface area contributed by atoms with Crippen LogP contribution in [0.3, 0.4) is 0 Å². The quantitative estimate of drug-likeness (QED) is 0.253. The summed E-state index contributed by atoms with van der Waals surface area (Å²) < 4.78 is 11.1. The van der Waals surface area contributed by atoms with E-state index in [0.29, 0.717) is 35.0 Å². The fraction of sp³-hybridized carbons (Fsp3) is 0.172. The van der Waals surface area contributed by atoms with Crippen LogP contribution in [0.4, 0.5) is 11.4 Å². The fourth-order valence-corrected chi connectivity index (χ4v) is 4.06. The van der Waals surface area contributed by atoms with Crippen LogP contribution in [-0.4, -0.2) is 36.0 Å². The lowest BCUT2D eigenvalue weighted by molar-refractivity contribution is -0.122. The van der Waals surface area contributed by atoms with Gasteiger partial charge in [-0.25, -0.2) is 0 Å². The molecule has 3 aromatic rings. The molecular weight excluding hydrogens is 502 g/mol. The van der Waals surface area contributed by atoms with Crippen LogP contribution < -0.4 is 25.0 Å². The molecule has 8 nitrogen and oxygen atoms in total. The molecule has 194 valence electrons. The van der Waals surface area contributed by atoms with E-state index in [0.717, 1.165) is 11.1 Å². The first-order chi connectivity index (χ1) is 18.2. The Kier molecular flexibility index (Phi) is 8.18. The molecule has 38 heavy (non-hydrogen) atoms. The summed E-state index contributed by atoms with van der Waals surface area (Å²) in [7, 11) is 0. The minimum atomic E-state index is -0.596. The topological polar surface area (TPSA) is 97.0 Å². The largest absolute Gasteiger partial charge is 0.494 e. The lowest BCUT2D eigenvalue weighted by Gasteiger charge is -2.29. The highest BCUT2D eigenvalue weighted by molar-refractivity contribution is 7.80. The van der Waals surface area contributed by atoms with E-state index in [4.69, 9.17) is 21.7 Å². The first kappa shape index (κ1) is 26.6. The maximum absolute atomic E-state index is 13.3. The average Bonchev–Trinajstić information content (AvgIpc) is 2.89. The molecule has 0 aromatic heterocycles. The van der Waals surface area contributed by atoms with Gasteiger partial charge in [-0.05, 0) is 104 Å². The van der Waals surface area contributed by atoms with E-state index in [1.807, 2.05) is 39.0 Å². The molecule has 0 unspecified atom stereocenters. The average molecular weight is 530 g/mol. The number of hydrogen-bond acceptors (Lipinski definition) is 6. The molecule has 1 heterocycles. The SMILES string of the molecule is CCOc1ccc(N2C(=O)/C(=C/c3cccc(OCC(=O)Nc4ccc(C)c(C)c4)c3)C(=O)NC2=S)cc1. The highest BCUT2D eigenvalue weighted by Gasteiger charge is 2.34. The third-order valence-corrected chi connectivity index (χ3v) is 6.12. The zero-order valence-electron chi connectivity index (χ0n) is 21.2. The number of hydrogen-bond donors (Lipinski definition) is 2. The van der Waals surface area contributed by atoms with E-state index >= 15 is 0 Å². The van der Waals surface area contributed by atoms with E-state index < -0.39 is 11.8 Å². The van der Waals surface area contributed by atoms with Gasteiger partial charge in [-0.15, -0.1) is 0 Å². The van der Waals surface area contributed by atoms with Crippen molar-refractivity contribution in [1.82, 2.24) is 5.32 Å². The van der Waals surface area contributed by atoms with Crippen molar-refractivity contribution in [1.29, 1.82) is 0 Å². The Morgan fingerprint density at radius 2 is 1.74 bits per heavy atom. The number of nitrogens with one attached hydrogen (secondary N) is 2. The Balaban J connectivity index is 1.46. The number of carbonyl (C=O) groups is 3. The summed E-state index contributed by atoms with van der Waals surface area (Å²) in [5, 5.41) is 5.37. The first-order valence-corrected chi connectivity index (χ1v) is 12.4. The number of thiocarbonyl (C=S) groups is 1. The molecule has 1 saturated heterocycles. The van der Waals surface area contributed by atoms with Crippen LogP contribution in [0.15, 0.2) is 72.3 Å². The number of aryl methyl sites for hydroxylation is 2. The molecule has 0 aliphatic carbocycles. The number of anilines is 2. The van der Waals surface area contributed by atoms with Crippen molar-refractivity contribution in [3.05, 3.63) is 89.0 Å². The van der Waals surface area contributed by atoms with Gasteiger partial charge in [0.05, 0.1) is 12.3 Å². The number of nitrogens with zero attached hydrogens (tertiary/aromatic N) is 1. The third kappa shape index (κ3) is 6.24. The van der Waals surface area contributed by atoms with Gasteiger partial charge in [0.15, 0.2) is 11.7 Å². The molecule has 3 amide bonds. The third-order valence-electron chi connectivity index (χ3n) is 5.84. The van der Waals surface area contributed by atoms with Gasteiger partial charge in [-0.1, -0.05) is 18.2 Å². The van der Waals surface area contributed by atoms with Crippen molar-refractivity contribution in [2.24, 2.45) is 0 Å². The maximum atomic E-state index is 13.3. The lowest BCUT2D eigenvalue weighted by Crippen LogP contribution is -2.54. The predicted molar refractivity (Wildman–Crippen MR) is 150 cm³/mol. The maximum Gasteiger partial charge on any atom is 0.270 e. The summed E-state index contributed by atoms with van der Waals surface area (Å²) in [5.41, 5.74) is 3.87. The second kappa shape index (κ2) is 11.7. The molecule has 1 aliphatic heterocycles. The van der Waals surface area contributed by atoms with Crippen LogP contribution in [-0.2, 0) is 14.4 Å². The van der Waals surface area contributed by atoms with E-state index in [2.05, 4.69) is 10.6 Å². The molecule has 0 atom stereocenters. The standard InChI is InChI=1S/C29H27N3O5S/c1-4-36-23-12-10-22(11-13-23)32-28(35)25(27(34)31-29(32)38)16-20-6-5-7-24(15-20)37-17-26(33)30-21-9-8-18(2)19(3)14-21/h5-16H,4,17H2,1-3H3,(H,30,33)(H,31,34,38)/b25-16+. The summed E-state index contributed by atoms with van der Waals surface area (Å²) in [4.78, 5) is 39.5. The van der Waals surface area contributed by atoms with Crippen molar-refractivity contribution < 1.29 is 23.9 Å². The number of ether oxygens (including phenoxy) is 2. The normalized spacial score (nSPS) is 14.3. The summed E-state index contributed by atoms with van der Waals surface area (Å²) in [6.07, 6.45) is 1.46. The van der Waals surface area contributed by atoms with E-state index in [1.165, 1.54) is 11.0 Å². The van der Waals surface area contributed by atoms with Crippen molar-refractivity contribution in [2.45, 2.75) is 20.8 Å². The van der Waals surface area contributed by atoms with Crippen LogP contribution in [0.2, 0.25) is 0 Å². The summed E-state index contributed by atoms with van der Waals surface area (Å²) in [6, 6.07) is 19.3. The zero-order chi connectivity index (χ0) is 27.2. The summed E-state index contributed by atoms with van der Waals surface area (Å²) in [6.45, 7) is 6.17. The Morgan fingerprint density at radius 1 is 0.974 bits per heavy atom. The minimum absolute atomic E-state index is 0.00632. The second-order valence-corrected chi connectivity index (χ2v) is 8.98. The molecule has 1 fully saturated rings.